The third-order valence-electron chi connectivity index (χ3n) is 3.14. The Morgan fingerprint density at radius 1 is 1.30 bits per heavy atom. The summed E-state index contributed by atoms with van der Waals surface area (Å²) in [6.45, 7) is 4.79. The SMILES string of the molecule is Cc1ccc(NC(N)=NCCCc2cn[nH]c2C)cc1. The quantitative estimate of drug-likeness (QED) is 0.444. The van der Waals surface area contributed by atoms with Gasteiger partial charge in [0.15, 0.2) is 5.96 Å². The van der Waals surface area contributed by atoms with Crippen LogP contribution in [0.25, 0.3) is 0 Å². The van der Waals surface area contributed by atoms with Crippen LogP contribution in [0.5, 0.6) is 0 Å². The molecule has 5 nitrogen and oxygen atoms in total. The summed E-state index contributed by atoms with van der Waals surface area (Å²) in [5, 5.41) is 10.0. The molecule has 20 heavy (non-hydrogen) atoms. The first-order chi connectivity index (χ1) is 9.65. The molecule has 0 bridgehead atoms. The first-order valence-electron chi connectivity index (χ1n) is 6.77. The van der Waals surface area contributed by atoms with Crippen LogP contribution in [0.1, 0.15) is 23.2 Å². The third-order valence-corrected chi connectivity index (χ3v) is 3.14. The number of benzene rings is 1. The molecule has 1 heterocycles. The number of anilines is 1. The fourth-order valence-corrected chi connectivity index (χ4v) is 1.92. The minimum Gasteiger partial charge on any atom is -0.370 e. The molecule has 4 N–H and O–H groups in total. The molecule has 1 aromatic carbocycles. The molecular weight excluding hydrogens is 250 g/mol. The smallest absolute Gasteiger partial charge is 0.193 e. The Hall–Kier alpha value is -2.30. The molecule has 2 rings (SSSR count). The van der Waals surface area contributed by atoms with Crippen molar-refractivity contribution in [1.82, 2.24) is 10.2 Å². The second-order valence-electron chi connectivity index (χ2n) is 4.88. The number of aromatic nitrogens is 2. The molecule has 5 heteroatoms. The van der Waals surface area contributed by atoms with Crippen molar-refractivity contribution >= 4 is 11.6 Å². The number of aliphatic imine (C=N–C) groups is 1. The van der Waals surface area contributed by atoms with Gasteiger partial charge in [-0.25, -0.2) is 0 Å². The van der Waals surface area contributed by atoms with Crippen molar-refractivity contribution in [1.29, 1.82) is 0 Å². The van der Waals surface area contributed by atoms with Gasteiger partial charge in [0.25, 0.3) is 0 Å². The molecule has 106 valence electrons. The lowest BCUT2D eigenvalue weighted by Gasteiger charge is -2.05. The van der Waals surface area contributed by atoms with Crippen molar-refractivity contribution in [3.63, 3.8) is 0 Å². The highest BCUT2D eigenvalue weighted by atomic mass is 15.1. The van der Waals surface area contributed by atoms with Gasteiger partial charge < -0.3 is 11.1 Å². The van der Waals surface area contributed by atoms with E-state index in [0.717, 1.165) is 24.2 Å². The fourth-order valence-electron chi connectivity index (χ4n) is 1.92. The highest BCUT2D eigenvalue weighted by molar-refractivity contribution is 5.92. The number of H-pyrrole nitrogens is 1. The molecule has 0 amide bonds. The summed E-state index contributed by atoms with van der Waals surface area (Å²) >= 11 is 0. The van der Waals surface area contributed by atoms with Gasteiger partial charge in [0, 0.05) is 17.9 Å². The lowest BCUT2D eigenvalue weighted by molar-refractivity contribution is 0.828. The second-order valence-corrected chi connectivity index (χ2v) is 4.88. The van der Waals surface area contributed by atoms with Crippen molar-refractivity contribution in [2.24, 2.45) is 10.7 Å². The Morgan fingerprint density at radius 3 is 2.70 bits per heavy atom. The van der Waals surface area contributed by atoms with Crippen LogP contribution in [0.15, 0.2) is 35.5 Å². The zero-order valence-corrected chi connectivity index (χ0v) is 12.0. The van der Waals surface area contributed by atoms with Gasteiger partial charge in [-0.3, -0.25) is 10.1 Å². The van der Waals surface area contributed by atoms with Gasteiger partial charge in [0.2, 0.25) is 0 Å². The number of nitrogens with one attached hydrogen (secondary N) is 2. The van der Waals surface area contributed by atoms with E-state index in [2.05, 4.69) is 27.4 Å². The number of hydrogen-bond donors (Lipinski definition) is 3. The van der Waals surface area contributed by atoms with Crippen LogP contribution in [0.4, 0.5) is 5.69 Å². The summed E-state index contributed by atoms with van der Waals surface area (Å²) in [5.74, 6) is 0.456. The Bertz CT molecular complexity index is 568. The first-order valence-corrected chi connectivity index (χ1v) is 6.77. The van der Waals surface area contributed by atoms with E-state index >= 15 is 0 Å². The van der Waals surface area contributed by atoms with Gasteiger partial charge in [-0.2, -0.15) is 5.10 Å². The summed E-state index contributed by atoms with van der Waals surface area (Å²) in [5.41, 5.74) is 10.4. The molecular formula is C15H21N5. The standard InChI is InChI=1S/C15H21N5/c1-11-5-7-14(8-6-11)19-15(16)17-9-3-4-13-10-18-20-12(13)2/h5-8,10H,3-4,9H2,1-2H3,(H,18,20)(H3,16,17,19). The minimum absolute atomic E-state index is 0.456. The Kier molecular flexibility index (Phi) is 4.76. The molecule has 0 radical (unpaired) electrons. The molecule has 0 fully saturated rings. The van der Waals surface area contributed by atoms with E-state index in [9.17, 15) is 0 Å². The number of aryl methyl sites for hydroxylation is 3. The predicted octanol–water partition coefficient (Wildman–Crippen LogP) is 2.39. The van der Waals surface area contributed by atoms with Crippen LogP contribution in [0.2, 0.25) is 0 Å². The third kappa shape index (κ3) is 4.12. The van der Waals surface area contributed by atoms with Gasteiger partial charge in [-0.1, -0.05) is 17.7 Å². The largest absolute Gasteiger partial charge is 0.370 e. The maximum absolute atomic E-state index is 5.85. The fraction of sp³-hybridized carbons (Fsp3) is 0.333. The van der Waals surface area contributed by atoms with E-state index in [4.69, 9.17) is 5.73 Å². The summed E-state index contributed by atoms with van der Waals surface area (Å²) < 4.78 is 0. The highest BCUT2D eigenvalue weighted by Crippen LogP contribution is 2.08. The van der Waals surface area contributed by atoms with Crippen LogP contribution in [0, 0.1) is 13.8 Å². The first kappa shape index (κ1) is 14.1. The van der Waals surface area contributed by atoms with Crippen LogP contribution in [0.3, 0.4) is 0 Å². The number of aromatic amines is 1. The lowest BCUT2D eigenvalue weighted by Crippen LogP contribution is -2.22. The van der Waals surface area contributed by atoms with Crippen molar-refractivity contribution in [2.75, 3.05) is 11.9 Å². The zero-order valence-electron chi connectivity index (χ0n) is 12.0. The Labute approximate surface area is 119 Å². The van der Waals surface area contributed by atoms with Crippen molar-refractivity contribution in [3.05, 3.63) is 47.3 Å². The van der Waals surface area contributed by atoms with E-state index in [1.54, 1.807) is 0 Å². The van der Waals surface area contributed by atoms with Crippen molar-refractivity contribution in [3.8, 4) is 0 Å². The van der Waals surface area contributed by atoms with Gasteiger partial charge in [0.1, 0.15) is 0 Å². The highest BCUT2D eigenvalue weighted by Gasteiger charge is 1.99. The van der Waals surface area contributed by atoms with E-state index in [1.165, 1.54) is 11.1 Å². The van der Waals surface area contributed by atoms with Crippen molar-refractivity contribution < 1.29 is 0 Å². The van der Waals surface area contributed by atoms with Crippen LogP contribution >= 0.6 is 0 Å². The van der Waals surface area contributed by atoms with Crippen LogP contribution in [-0.4, -0.2) is 22.7 Å². The predicted molar refractivity (Wildman–Crippen MR) is 82.9 cm³/mol. The van der Waals surface area contributed by atoms with E-state index in [-0.39, 0.29) is 0 Å². The van der Waals surface area contributed by atoms with Gasteiger partial charge in [-0.15, -0.1) is 0 Å². The molecule has 0 atom stereocenters. The summed E-state index contributed by atoms with van der Waals surface area (Å²) in [6.07, 6.45) is 3.78. The number of guanidine groups is 1. The summed E-state index contributed by atoms with van der Waals surface area (Å²) in [4.78, 5) is 4.32. The molecule has 0 aliphatic carbocycles. The molecule has 0 saturated carbocycles. The number of nitrogens with zero attached hydrogens (tertiary/aromatic N) is 2. The monoisotopic (exact) mass is 271 g/mol. The molecule has 0 unspecified atom stereocenters. The molecule has 0 aliphatic rings. The normalized spacial score (nSPS) is 11.6. The lowest BCUT2D eigenvalue weighted by atomic mass is 10.1. The van der Waals surface area contributed by atoms with Gasteiger partial charge >= 0.3 is 0 Å². The Balaban J connectivity index is 1.76. The average Bonchev–Trinajstić information content (AvgIpc) is 2.83. The molecule has 2 aromatic rings. The molecule has 0 aliphatic heterocycles. The summed E-state index contributed by atoms with van der Waals surface area (Å²) in [6, 6.07) is 8.06. The van der Waals surface area contributed by atoms with Crippen LogP contribution < -0.4 is 11.1 Å². The van der Waals surface area contributed by atoms with Gasteiger partial charge in [0.05, 0.1) is 6.20 Å². The van der Waals surface area contributed by atoms with Crippen LogP contribution in [-0.2, 0) is 6.42 Å². The molecule has 0 spiro atoms. The maximum atomic E-state index is 5.85. The minimum atomic E-state index is 0.456. The summed E-state index contributed by atoms with van der Waals surface area (Å²) in [7, 11) is 0. The van der Waals surface area contributed by atoms with E-state index < -0.39 is 0 Å². The number of nitrogens with two attached hydrogens (primary N) is 1. The Morgan fingerprint density at radius 2 is 2.05 bits per heavy atom. The van der Waals surface area contributed by atoms with E-state index in [0.29, 0.717) is 12.5 Å². The van der Waals surface area contributed by atoms with Gasteiger partial charge in [-0.05, 0) is 44.4 Å². The average molecular weight is 271 g/mol. The topological polar surface area (TPSA) is 79.1 Å². The number of hydrogen-bond acceptors (Lipinski definition) is 2. The van der Waals surface area contributed by atoms with E-state index in [1.807, 2.05) is 37.4 Å². The second kappa shape index (κ2) is 6.75. The molecule has 0 saturated heterocycles. The maximum Gasteiger partial charge on any atom is 0.193 e. The zero-order chi connectivity index (χ0) is 14.4. The van der Waals surface area contributed by atoms with Crippen molar-refractivity contribution in [2.45, 2.75) is 26.7 Å². The number of rotatable bonds is 5. The molecule has 1 aromatic heterocycles.